The lowest BCUT2D eigenvalue weighted by Gasteiger charge is -2.24. The van der Waals surface area contributed by atoms with Crippen LogP contribution >= 0.6 is 0 Å². The van der Waals surface area contributed by atoms with E-state index in [4.69, 9.17) is 0 Å². The number of sulfonamides is 1. The number of nitrogens with one attached hydrogen (secondary N) is 2. The summed E-state index contributed by atoms with van der Waals surface area (Å²) in [7, 11) is -3.33. The van der Waals surface area contributed by atoms with Gasteiger partial charge in [0.2, 0.25) is 15.9 Å². The summed E-state index contributed by atoms with van der Waals surface area (Å²) in [5.41, 5.74) is 0.973. The molecule has 1 aromatic heterocycles. The van der Waals surface area contributed by atoms with Gasteiger partial charge >= 0.3 is 0 Å². The predicted octanol–water partition coefficient (Wildman–Crippen LogP) is -0.828. The molecule has 1 aliphatic heterocycles. The Morgan fingerprint density at radius 2 is 2.32 bits per heavy atom. The molecule has 1 atom stereocenters. The van der Waals surface area contributed by atoms with Gasteiger partial charge in [-0.15, -0.1) is 0 Å². The number of fused-ring (bicyclic) bond motifs is 1. The van der Waals surface area contributed by atoms with E-state index in [2.05, 4.69) is 15.0 Å². The van der Waals surface area contributed by atoms with E-state index in [9.17, 15) is 13.2 Å². The summed E-state index contributed by atoms with van der Waals surface area (Å²) in [5, 5.41) is 2.83. The van der Waals surface area contributed by atoms with Gasteiger partial charge in [-0.05, 0) is 13.3 Å². The van der Waals surface area contributed by atoms with Gasteiger partial charge in [0.1, 0.15) is 5.82 Å². The molecule has 2 heterocycles. The lowest BCUT2D eigenvalue weighted by atomic mass is 10.1. The molecule has 0 saturated carbocycles. The van der Waals surface area contributed by atoms with Gasteiger partial charge in [0.15, 0.2) is 0 Å². The molecule has 19 heavy (non-hydrogen) atoms. The van der Waals surface area contributed by atoms with Crippen LogP contribution in [0, 0.1) is 6.92 Å². The van der Waals surface area contributed by atoms with Crippen molar-refractivity contribution in [3.05, 3.63) is 17.7 Å². The third kappa shape index (κ3) is 4.03. The molecule has 1 aliphatic rings. The van der Waals surface area contributed by atoms with Crippen LogP contribution in [0.2, 0.25) is 0 Å². The van der Waals surface area contributed by atoms with Gasteiger partial charge in [0.05, 0.1) is 18.5 Å². The fourth-order valence-corrected chi connectivity index (χ4v) is 2.57. The maximum absolute atomic E-state index is 11.6. The standard InChI is InChI=1S/C11H18N4O3S/c1-8-6-15-7-9(3-4-10(15)13-8)14-11(16)5-12-19(2,17)18/h6,9,12H,3-5,7H2,1-2H3,(H,14,16)/t9-/m0/s1. The van der Waals surface area contributed by atoms with Gasteiger partial charge in [-0.1, -0.05) is 0 Å². The molecule has 1 aromatic rings. The number of rotatable bonds is 4. The number of aryl methyl sites for hydroxylation is 2. The number of imidazole rings is 1. The highest BCUT2D eigenvalue weighted by atomic mass is 32.2. The summed E-state index contributed by atoms with van der Waals surface area (Å²) in [5.74, 6) is 0.730. The summed E-state index contributed by atoms with van der Waals surface area (Å²) < 4.78 is 26.0. The Morgan fingerprint density at radius 1 is 1.58 bits per heavy atom. The second-order valence-corrected chi connectivity index (χ2v) is 6.68. The van der Waals surface area contributed by atoms with E-state index in [1.54, 1.807) is 0 Å². The van der Waals surface area contributed by atoms with Crippen molar-refractivity contribution in [2.75, 3.05) is 12.8 Å². The van der Waals surface area contributed by atoms with E-state index >= 15 is 0 Å². The fourth-order valence-electron chi connectivity index (χ4n) is 2.18. The zero-order valence-corrected chi connectivity index (χ0v) is 11.8. The second-order valence-electron chi connectivity index (χ2n) is 4.85. The average Bonchev–Trinajstić information content (AvgIpc) is 2.65. The molecule has 106 valence electrons. The number of amides is 1. The highest BCUT2D eigenvalue weighted by Gasteiger charge is 2.21. The van der Waals surface area contributed by atoms with Crippen LogP contribution in [0.25, 0.3) is 0 Å². The smallest absolute Gasteiger partial charge is 0.235 e. The highest BCUT2D eigenvalue weighted by molar-refractivity contribution is 7.88. The molecule has 0 aromatic carbocycles. The molecule has 8 heteroatoms. The van der Waals surface area contributed by atoms with Crippen LogP contribution in [-0.2, 0) is 27.8 Å². The van der Waals surface area contributed by atoms with Crippen LogP contribution in [-0.4, -0.2) is 42.7 Å². The van der Waals surface area contributed by atoms with Crippen molar-refractivity contribution >= 4 is 15.9 Å². The van der Waals surface area contributed by atoms with Crippen molar-refractivity contribution in [3.63, 3.8) is 0 Å². The molecule has 0 aliphatic carbocycles. The van der Waals surface area contributed by atoms with Crippen LogP contribution in [0.15, 0.2) is 6.20 Å². The van der Waals surface area contributed by atoms with Crippen molar-refractivity contribution in [3.8, 4) is 0 Å². The van der Waals surface area contributed by atoms with Crippen molar-refractivity contribution in [2.24, 2.45) is 0 Å². The monoisotopic (exact) mass is 286 g/mol. The number of aromatic nitrogens is 2. The second kappa shape index (κ2) is 5.30. The molecule has 0 radical (unpaired) electrons. The van der Waals surface area contributed by atoms with E-state index in [-0.39, 0.29) is 18.5 Å². The first-order chi connectivity index (χ1) is 8.83. The molecule has 0 unspecified atom stereocenters. The minimum Gasteiger partial charge on any atom is -0.350 e. The van der Waals surface area contributed by atoms with Gasteiger partial charge in [0, 0.05) is 25.2 Å². The number of carbonyl (C=O) groups is 1. The van der Waals surface area contributed by atoms with Crippen molar-refractivity contribution in [1.29, 1.82) is 0 Å². The zero-order valence-electron chi connectivity index (χ0n) is 11.0. The van der Waals surface area contributed by atoms with E-state index in [1.807, 2.05) is 17.7 Å². The Balaban J connectivity index is 1.86. The van der Waals surface area contributed by atoms with Gasteiger partial charge in [-0.2, -0.15) is 0 Å². The Bertz CT molecular complexity index is 579. The van der Waals surface area contributed by atoms with E-state index in [1.165, 1.54) is 0 Å². The van der Waals surface area contributed by atoms with E-state index in [0.29, 0.717) is 6.54 Å². The normalized spacial score (nSPS) is 18.9. The van der Waals surface area contributed by atoms with Gasteiger partial charge in [-0.25, -0.2) is 18.1 Å². The summed E-state index contributed by atoms with van der Waals surface area (Å²) in [6.45, 7) is 2.40. The molecule has 2 rings (SSSR count). The SMILES string of the molecule is Cc1cn2c(n1)CC[C@H](NC(=O)CNS(C)(=O)=O)C2. The van der Waals surface area contributed by atoms with E-state index in [0.717, 1.165) is 30.6 Å². The van der Waals surface area contributed by atoms with Gasteiger partial charge in [-0.3, -0.25) is 4.79 Å². The van der Waals surface area contributed by atoms with Crippen molar-refractivity contribution < 1.29 is 13.2 Å². The Labute approximate surface area is 112 Å². The molecule has 0 bridgehead atoms. The van der Waals surface area contributed by atoms with Crippen molar-refractivity contribution in [2.45, 2.75) is 32.4 Å². The zero-order chi connectivity index (χ0) is 14.0. The number of nitrogens with zero attached hydrogens (tertiary/aromatic N) is 2. The third-order valence-electron chi connectivity index (χ3n) is 2.97. The highest BCUT2D eigenvalue weighted by Crippen LogP contribution is 2.14. The van der Waals surface area contributed by atoms with Gasteiger partial charge in [0.25, 0.3) is 0 Å². The minimum atomic E-state index is -3.33. The molecule has 7 nitrogen and oxygen atoms in total. The molecule has 1 amide bonds. The summed E-state index contributed by atoms with van der Waals surface area (Å²) in [6.07, 6.45) is 4.63. The summed E-state index contributed by atoms with van der Waals surface area (Å²) in [4.78, 5) is 16.0. The first-order valence-corrected chi connectivity index (χ1v) is 7.99. The molecular formula is C11H18N4O3S. The first kappa shape index (κ1) is 14.0. The Kier molecular flexibility index (Phi) is 3.91. The summed E-state index contributed by atoms with van der Waals surface area (Å²) in [6, 6.07) is 0.0231. The molecular weight excluding hydrogens is 268 g/mol. The topological polar surface area (TPSA) is 93.1 Å². The Hall–Kier alpha value is -1.41. The van der Waals surface area contributed by atoms with Gasteiger partial charge < -0.3 is 9.88 Å². The first-order valence-electron chi connectivity index (χ1n) is 6.10. The molecule has 0 spiro atoms. The molecule has 2 N–H and O–H groups in total. The average molecular weight is 286 g/mol. The third-order valence-corrected chi connectivity index (χ3v) is 3.64. The van der Waals surface area contributed by atoms with Crippen LogP contribution in [0.5, 0.6) is 0 Å². The Morgan fingerprint density at radius 3 is 3.00 bits per heavy atom. The van der Waals surface area contributed by atoms with Crippen molar-refractivity contribution in [1.82, 2.24) is 19.6 Å². The predicted molar refractivity (Wildman–Crippen MR) is 70.1 cm³/mol. The molecule has 0 fully saturated rings. The maximum Gasteiger partial charge on any atom is 0.235 e. The van der Waals surface area contributed by atoms with Crippen LogP contribution in [0.1, 0.15) is 17.9 Å². The minimum absolute atomic E-state index is 0.0231. The lowest BCUT2D eigenvalue weighted by Crippen LogP contribution is -2.45. The number of hydrogen-bond donors (Lipinski definition) is 2. The quantitative estimate of drug-likeness (QED) is 0.755. The van der Waals surface area contributed by atoms with E-state index < -0.39 is 10.0 Å². The van der Waals surface area contributed by atoms with Crippen LogP contribution in [0.4, 0.5) is 0 Å². The number of carbonyl (C=O) groups excluding carboxylic acids is 1. The number of hydrogen-bond acceptors (Lipinski definition) is 4. The molecule has 0 saturated heterocycles. The maximum atomic E-state index is 11.6. The fraction of sp³-hybridized carbons (Fsp3) is 0.636. The lowest BCUT2D eigenvalue weighted by molar-refractivity contribution is -0.120. The van der Waals surface area contributed by atoms with Crippen LogP contribution in [0.3, 0.4) is 0 Å². The summed E-state index contributed by atoms with van der Waals surface area (Å²) >= 11 is 0. The largest absolute Gasteiger partial charge is 0.350 e. The van der Waals surface area contributed by atoms with Crippen LogP contribution < -0.4 is 10.0 Å².